The molecule has 1 N–H and O–H groups in total. The monoisotopic (exact) mass is 337 g/mol. The summed E-state index contributed by atoms with van der Waals surface area (Å²) >= 11 is 5.85. The van der Waals surface area contributed by atoms with E-state index in [9.17, 15) is 5.11 Å². The Bertz CT molecular complexity index is 923. The number of nitrogens with zero attached hydrogens (tertiary/aromatic N) is 5. The molecular formula is C14H10B2ClN5O2. The molecule has 0 aromatic carbocycles. The Labute approximate surface area is 144 Å². The number of ether oxygens (including phenoxy) is 1. The van der Waals surface area contributed by atoms with Crippen LogP contribution in [0.3, 0.4) is 0 Å². The molecule has 0 unspecified atom stereocenters. The average molecular weight is 337 g/mol. The molecule has 0 bridgehead atoms. The van der Waals surface area contributed by atoms with E-state index >= 15 is 0 Å². The molecule has 7 nitrogen and oxygen atoms in total. The predicted molar refractivity (Wildman–Crippen MR) is 88.1 cm³/mol. The first-order valence-electron chi connectivity index (χ1n) is 7.27. The van der Waals surface area contributed by atoms with E-state index in [1.807, 2.05) is 0 Å². The molecule has 4 radical (unpaired) electrons. The Kier molecular flexibility index (Phi) is 3.51. The van der Waals surface area contributed by atoms with Gasteiger partial charge in [0.1, 0.15) is 22.7 Å². The molecule has 1 aliphatic carbocycles. The topological polar surface area (TPSA) is 85.4 Å². The molecule has 10 heteroatoms. The first-order valence-corrected chi connectivity index (χ1v) is 7.65. The molecule has 116 valence electrons. The van der Waals surface area contributed by atoms with Gasteiger partial charge in [-0.05, 0) is 30.5 Å². The Hall–Kier alpha value is -2.12. The molecule has 0 saturated heterocycles. The van der Waals surface area contributed by atoms with Gasteiger partial charge in [0.05, 0.1) is 11.9 Å². The summed E-state index contributed by atoms with van der Waals surface area (Å²) in [6.07, 6.45) is 5.14. The molecule has 0 spiro atoms. The minimum Gasteiger partial charge on any atom is -0.480 e. The van der Waals surface area contributed by atoms with E-state index in [-0.39, 0.29) is 11.2 Å². The zero-order valence-corrected chi connectivity index (χ0v) is 13.2. The third-order valence-electron chi connectivity index (χ3n) is 3.61. The highest BCUT2D eigenvalue weighted by atomic mass is 35.5. The molecule has 24 heavy (non-hydrogen) atoms. The van der Waals surface area contributed by atoms with Gasteiger partial charge in [-0.2, -0.15) is 5.10 Å². The highest BCUT2D eigenvalue weighted by Gasteiger charge is 2.31. The van der Waals surface area contributed by atoms with Crippen molar-refractivity contribution in [2.45, 2.75) is 24.3 Å². The van der Waals surface area contributed by atoms with Gasteiger partial charge >= 0.3 is 0 Å². The van der Waals surface area contributed by atoms with E-state index in [0.29, 0.717) is 28.5 Å². The molecule has 0 amide bonds. The van der Waals surface area contributed by atoms with Crippen molar-refractivity contribution in [3.63, 3.8) is 0 Å². The second-order valence-corrected chi connectivity index (χ2v) is 5.98. The van der Waals surface area contributed by atoms with Crippen LogP contribution in [0.4, 0.5) is 0 Å². The zero-order chi connectivity index (χ0) is 16.9. The predicted octanol–water partition coefficient (Wildman–Crippen LogP) is 1.04. The first-order chi connectivity index (χ1) is 11.4. The van der Waals surface area contributed by atoms with Crippen molar-refractivity contribution in [3.05, 3.63) is 35.5 Å². The van der Waals surface area contributed by atoms with E-state index < -0.39 is 5.59 Å². The molecule has 3 heterocycles. The van der Waals surface area contributed by atoms with Crippen LogP contribution in [0.25, 0.3) is 17.0 Å². The summed E-state index contributed by atoms with van der Waals surface area (Å²) in [4.78, 5) is 12.3. The SMILES string of the molecule is [B]C([B])(O)Oc1cc2ncc(-c3ccnc(Cl)n3)n2nc1C1CC1. The summed E-state index contributed by atoms with van der Waals surface area (Å²) in [7, 11) is 10.7. The van der Waals surface area contributed by atoms with Gasteiger partial charge in [0.2, 0.25) is 5.28 Å². The summed E-state index contributed by atoms with van der Waals surface area (Å²) in [6.45, 7) is 0. The fourth-order valence-electron chi connectivity index (χ4n) is 2.46. The first kappa shape index (κ1) is 15.4. The molecule has 4 rings (SSSR count). The van der Waals surface area contributed by atoms with Crippen LogP contribution in [-0.2, 0) is 0 Å². The fourth-order valence-corrected chi connectivity index (χ4v) is 2.61. The highest BCUT2D eigenvalue weighted by molar-refractivity contribution is 6.37. The summed E-state index contributed by atoms with van der Waals surface area (Å²) in [5.41, 5.74) is 0.150. The maximum absolute atomic E-state index is 9.53. The van der Waals surface area contributed by atoms with Crippen LogP contribution in [0, 0.1) is 0 Å². The number of fused-ring (bicyclic) bond motifs is 1. The molecule has 1 saturated carbocycles. The van der Waals surface area contributed by atoms with Crippen LogP contribution in [-0.4, -0.2) is 51.0 Å². The second kappa shape index (κ2) is 5.46. The highest BCUT2D eigenvalue weighted by Crippen LogP contribution is 2.43. The van der Waals surface area contributed by atoms with Gasteiger partial charge in [-0.1, -0.05) is 0 Å². The molecule has 1 fully saturated rings. The van der Waals surface area contributed by atoms with Gasteiger partial charge < -0.3 is 9.84 Å². The minimum atomic E-state index is -2.28. The fraction of sp³-hybridized carbons (Fsp3) is 0.286. The lowest BCUT2D eigenvalue weighted by molar-refractivity contribution is 0.0116. The summed E-state index contributed by atoms with van der Waals surface area (Å²) in [5, 5.41) is 14.3. The van der Waals surface area contributed by atoms with Crippen molar-refractivity contribution in [1.29, 1.82) is 0 Å². The summed E-state index contributed by atoms with van der Waals surface area (Å²) < 4.78 is 6.87. The molecule has 3 aromatic rings. The van der Waals surface area contributed by atoms with E-state index in [1.54, 1.807) is 29.0 Å². The quantitative estimate of drug-likeness (QED) is 0.435. The molecule has 0 atom stereocenters. The Morgan fingerprint density at radius 1 is 1.33 bits per heavy atom. The van der Waals surface area contributed by atoms with Crippen LogP contribution in [0.2, 0.25) is 5.28 Å². The lowest BCUT2D eigenvalue weighted by atomic mass is 9.76. The Balaban J connectivity index is 1.86. The maximum atomic E-state index is 9.53. The number of rotatable bonds is 4. The number of hydrogen-bond acceptors (Lipinski definition) is 6. The average Bonchev–Trinajstić information content (AvgIpc) is 3.25. The van der Waals surface area contributed by atoms with E-state index in [0.717, 1.165) is 12.8 Å². The van der Waals surface area contributed by atoms with E-state index in [2.05, 4.69) is 20.1 Å². The minimum absolute atomic E-state index is 0.140. The van der Waals surface area contributed by atoms with Gasteiger partial charge in [-0.15, -0.1) is 0 Å². The van der Waals surface area contributed by atoms with Gasteiger partial charge in [0.25, 0.3) is 0 Å². The molecular weight excluding hydrogens is 327 g/mol. The van der Waals surface area contributed by atoms with Crippen LogP contribution in [0.1, 0.15) is 24.5 Å². The third kappa shape index (κ3) is 2.97. The molecule has 0 aliphatic heterocycles. The second-order valence-electron chi connectivity index (χ2n) is 5.65. The van der Waals surface area contributed by atoms with Crippen LogP contribution < -0.4 is 4.74 Å². The summed E-state index contributed by atoms with van der Waals surface area (Å²) in [5.74, 6) is 0.548. The van der Waals surface area contributed by atoms with Crippen molar-refractivity contribution in [2.24, 2.45) is 0 Å². The largest absolute Gasteiger partial charge is 0.480 e. The van der Waals surface area contributed by atoms with Crippen molar-refractivity contribution in [1.82, 2.24) is 24.6 Å². The van der Waals surface area contributed by atoms with E-state index in [4.69, 9.17) is 32.0 Å². The van der Waals surface area contributed by atoms with Crippen LogP contribution >= 0.6 is 11.6 Å². The van der Waals surface area contributed by atoms with Crippen molar-refractivity contribution in [3.8, 4) is 17.1 Å². The maximum Gasteiger partial charge on any atom is 0.222 e. The Morgan fingerprint density at radius 2 is 2.12 bits per heavy atom. The lowest BCUT2D eigenvalue weighted by Gasteiger charge is -2.23. The normalized spacial score (nSPS) is 14.9. The van der Waals surface area contributed by atoms with E-state index in [1.165, 1.54) is 0 Å². The van der Waals surface area contributed by atoms with Crippen molar-refractivity contribution < 1.29 is 9.84 Å². The summed E-state index contributed by atoms with van der Waals surface area (Å²) in [6, 6.07) is 3.36. The smallest absolute Gasteiger partial charge is 0.222 e. The number of aromatic nitrogens is 5. The van der Waals surface area contributed by atoms with Crippen LogP contribution in [0.15, 0.2) is 24.5 Å². The van der Waals surface area contributed by atoms with Gasteiger partial charge in [0, 0.05) is 18.2 Å². The zero-order valence-electron chi connectivity index (χ0n) is 12.4. The van der Waals surface area contributed by atoms with Gasteiger partial charge in [-0.3, -0.25) is 0 Å². The van der Waals surface area contributed by atoms with Crippen molar-refractivity contribution in [2.75, 3.05) is 0 Å². The van der Waals surface area contributed by atoms with Gasteiger partial charge in [0.15, 0.2) is 21.3 Å². The lowest BCUT2D eigenvalue weighted by Crippen LogP contribution is -2.37. The van der Waals surface area contributed by atoms with Gasteiger partial charge in [-0.25, -0.2) is 19.5 Å². The number of aliphatic hydroxyl groups is 1. The van der Waals surface area contributed by atoms with Crippen molar-refractivity contribution >= 4 is 32.9 Å². The third-order valence-corrected chi connectivity index (χ3v) is 3.79. The number of halogens is 1. The number of hydrogen-bond donors (Lipinski definition) is 1. The molecule has 1 aliphatic rings. The van der Waals surface area contributed by atoms with Crippen LogP contribution in [0.5, 0.6) is 5.75 Å². The standard InChI is InChI=1S/C14H10B2ClN5O2/c15-14(16,23)24-10-5-11-19-6-9(8-3-4-18-13(17)20-8)22(11)21-12(10)7-1-2-7/h3-7,23H,1-2H2. The number of imidazole rings is 1. The Morgan fingerprint density at radius 3 is 2.79 bits per heavy atom. The molecule has 3 aromatic heterocycles.